The minimum absolute atomic E-state index is 0.00350. The third-order valence-corrected chi connectivity index (χ3v) is 5.83. The van der Waals surface area contributed by atoms with E-state index in [4.69, 9.17) is 0 Å². The average Bonchev–Trinajstić information content (AvgIpc) is 2.79. The number of benzene rings is 2. The molecule has 2 amide bonds. The lowest BCUT2D eigenvalue weighted by atomic mass is 10.0. The van der Waals surface area contributed by atoms with Gasteiger partial charge >= 0.3 is 0 Å². The first-order chi connectivity index (χ1) is 15.2. The molecule has 2 aromatic carbocycles. The Morgan fingerprint density at radius 1 is 1.06 bits per heavy atom. The van der Waals surface area contributed by atoms with Crippen molar-refractivity contribution in [2.45, 2.75) is 33.1 Å². The van der Waals surface area contributed by atoms with E-state index in [0.29, 0.717) is 48.8 Å². The molecular formula is C24H30N4O4. The summed E-state index contributed by atoms with van der Waals surface area (Å²) in [5.41, 5.74) is 3.17. The normalized spacial score (nSPS) is 14.4. The summed E-state index contributed by atoms with van der Waals surface area (Å²) < 4.78 is 0. The highest BCUT2D eigenvalue weighted by Crippen LogP contribution is 2.21. The minimum Gasteiger partial charge on any atom is -0.336 e. The summed E-state index contributed by atoms with van der Waals surface area (Å²) in [5, 5.41) is 13.7. The van der Waals surface area contributed by atoms with Gasteiger partial charge in [-0.25, -0.2) is 0 Å². The highest BCUT2D eigenvalue weighted by Gasteiger charge is 2.22. The number of non-ortho nitro benzene ring substituents is 1. The van der Waals surface area contributed by atoms with Gasteiger partial charge in [0.1, 0.15) is 0 Å². The number of hydrogen-bond acceptors (Lipinski definition) is 5. The Bertz CT molecular complexity index is 980. The average molecular weight is 439 g/mol. The van der Waals surface area contributed by atoms with Gasteiger partial charge in [-0.15, -0.1) is 0 Å². The number of carbonyl (C=O) groups is 2. The molecule has 3 rings (SSSR count). The number of nitro benzene ring substituents is 1. The molecule has 0 spiro atoms. The number of nitro groups is 1. The van der Waals surface area contributed by atoms with Crippen LogP contribution in [0.1, 0.15) is 47.7 Å². The Morgan fingerprint density at radius 3 is 2.28 bits per heavy atom. The van der Waals surface area contributed by atoms with Crippen molar-refractivity contribution < 1.29 is 14.5 Å². The fourth-order valence-corrected chi connectivity index (χ4v) is 3.74. The molecule has 8 heteroatoms. The minimum atomic E-state index is -0.455. The molecule has 1 heterocycles. The van der Waals surface area contributed by atoms with Gasteiger partial charge in [-0.1, -0.05) is 26.0 Å². The van der Waals surface area contributed by atoms with Crippen LogP contribution >= 0.6 is 0 Å². The number of amides is 2. The summed E-state index contributed by atoms with van der Waals surface area (Å²) in [4.78, 5) is 39.5. The number of rotatable bonds is 7. The first-order valence-electron chi connectivity index (χ1n) is 10.9. The summed E-state index contributed by atoms with van der Waals surface area (Å²) in [6.07, 6.45) is 0.320. The number of hydrogen-bond donors (Lipinski definition) is 1. The number of carbonyl (C=O) groups excluding carboxylic acids is 2. The molecule has 1 N–H and O–H groups in total. The molecule has 0 unspecified atom stereocenters. The predicted molar refractivity (Wildman–Crippen MR) is 124 cm³/mol. The van der Waals surface area contributed by atoms with Crippen molar-refractivity contribution >= 4 is 23.2 Å². The molecule has 0 radical (unpaired) electrons. The smallest absolute Gasteiger partial charge is 0.269 e. The van der Waals surface area contributed by atoms with Gasteiger partial charge in [-0.05, 0) is 42.2 Å². The largest absolute Gasteiger partial charge is 0.336 e. The van der Waals surface area contributed by atoms with E-state index in [1.807, 2.05) is 29.2 Å². The van der Waals surface area contributed by atoms with Gasteiger partial charge in [0.2, 0.25) is 5.91 Å². The van der Waals surface area contributed by atoms with E-state index in [0.717, 1.165) is 13.1 Å². The topological polar surface area (TPSA) is 95.8 Å². The molecule has 2 aromatic rings. The first kappa shape index (κ1) is 23.4. The van der Waals surface area contributed by atoms with E-state index < -0.39 is 4.92 Å². The van der Waals surface area contributed by atoms with Gasteiger partial charge in [-0.2, -0.15) is 0 Å². The summed E-state index contributed by atoms with van der Waals surface area (Å²) in [6.45, 7) is 9.30. The van der Waals surface area contributed by atoms with E-state index in [-0.39, 0.29) is 17.5 Å². The molecule has 0 bridgehead atoms. The van der Waals surface area contributed by atoms with Gasteiger partial charge in [0.05, 0.1) is 4.92 Å². The highest BCUT2D eigenvalue weighted by atomic mass is 16.6. The molecule has 32 heavy (non-hydrogen) atoms. The molecule has 1 aliphatic heterocycles. The number of piperazine rings is 1. The molecule has 170 valence electrons. The molecule has 1 saturated heterocycles. The molecule has 1 fully saturated rings. The fourth-order valence-electron chi connectivity index (χ4n) is 3.74. The zero-order valence-electron chi connectivity index (χ0n) is 18.8. The van der Waals surface area contributed by atoms with Crippen molar-refractivity contribution in [1.82, 2.24) is 9.80 Å². The van der Waals surface area contributed by atoms with Gasteiger partial charge < -0.3 is 10.2 Å². The van der Waals surface area contributed by atoms with Crippen LogP contribution in [0.15, 0.2) is 42.5 Å². The second kappa shape index (κ2) is 10.4. The van der Waals surface area contributed by atoms with Crippen molar-refractivity contribution in [3.63, 3.8) is 0 Å². The summed E-state index contributed by atoms with van der Waals surface area (Å²) in [5.74, 6) is 0.348. The Balaban J connectivity index is 1.44. The van der Waals surface area contributed by atoms with E-state index in [9.17, 15) is 19.7 Å². The lowest BCUT2D eigenvalue weighted by Crippen LogP contribution is -2.49. The van der Waals surface area contributed by atoms with Crippen LogP contribution in [-0.4, -0.2) is 59.3 Å². The maximum atomic E-state index is 12.8. The van der Waals surface area contributed by atoms with E-state index in [1.165, 1.54) is 17.7 Å². The Labute approximate surface area is 188 Å². The number of aryl methyl sites for hydroxylation is 1. The van der Waals surface area contributed by atoms with Crippen LogP contribution in [-0.2, 0) is 4.79 Å². The first-order valence-corrected chi connectivity index (χ1v) is 10.9. The van der Waals surface area contributed by atoms with Crippen molar-refractivity contribution in [2.75, 3.05) is 38.0 Å². The summed E-state index contributed by atoms with van der Waals surface area (Å²) in [6, 6.07) is 12.2. The number of nitrogens with one attached hydrogen (secondary N) is 1. The molecule has 0 aromatic heterocycles. The van der Waals surface area contributed by atoms with Crippen LogP contribution in [0.4, 0.5) is 11.4 Å². The van der Waals surface area contributed by atoms with Crippen LogP contribution in [0.2, 0.25) is 0 Å². The molecular weight excluding hydrogens is 408 g/mol. The Morgan fingerprint density at radius 2 is 1.72 bits per heavy atom. The molecule has 0 atom stereocenters. The third kappa shape index (κ3) is 5.91. The van der Waals surface area contributed by atoms with Crippen LogP contribution < -0.4 is 5.32 Å². The molecule has 8 nitrogen and oxygen atoms in total. The van der Waals surface area contributed by atoms with E-state index >= 15 is 0 Å². The number of anilines is 1. The standard InChI is InChI=1S/C24H30N4O4/c1-17(2)19-4-6-20(7-5-19)24(30)27-14-12-26(13-15-27)11-10-23(29)25-22-9-8-21(28(31)32)16-18(22)3/h4-9,16-17H,10-15H2,1-3H3,(H,25,29). The second-order valence-electron chi connectivity index (χ2n) is 8.47. The zero-order chi connectivity index (χ0) is 23.3. The summed E-state index contributed by atoms with van der Waals surface area (Å²) in [7, 11) is 0. The molecule has 0 aliphatic carbocycles. The van der Waals surface area contributed by atoms with Crippen molar-refractivity contribution in [3.05, 3.63) is 69.3 Å². The highest BCUT2D eigenvalue weighted by molar-refractivity contribution is 5.94. The van der Waals surface area contributed by atoms with E-state index in [2.05, 4.69) is 24.1 Å². The van der Waals surface area contributed by atoms with E-state index in [1.54, 1.807) is 13.0 Å². The lowest BCUT2D eigenvalue weighted by molar-refractivity contribution is -0.384. The third-order valence-electron chi connectivity index (χ3n) is 5.83. The van der Waals surface area contributed by atoms with Crippen molar-refractivity contribution in [2.24, 2.45) is 0 Å². The van der Waals surface area contributed by atoms with Crippen LogP contribution in [0.5, 0.6) is 0 Å². The second-order valence-corrected chi connectivity index (χ2v) is 8.47. The van der Waals surface area contributed by atoms with Gasteiger partial charge in [0.25, 0.3) is 11.6 Å². The van der Waals surface area contributed by atoms with Gasteiger partial charge in [-0.3, -0.25) is 24.6 Å². The summed E-state index contributed by atoms with van der Waals surface area (Å²) >= 11 is 0. The van der Waals surface area contributed by atoms with Crippen LogP contribution in [0, 0.1) is 17.0 Å². The SMILES string of the molecule is Cc1cc([N+](=O)[O-])ccc1NC(=O)CCN1CCN(C(=O)c2ccc(C(C)C)cc2)CC1. The monoisotopic (exact) mass is 438 g/mol. The van der Waals surface area contributed by atoms with Crippen molar-refractivity contribution in [1.29, 1.82) is 0 Å². The maximum absolute atomic E-state index is 12.8. The molecule has 1 aliphatic rings. The van der Waals surface area contributed by atoms with Gasteiger partial charge in [0.15, 0.2) is 0 Å². The van der Waals surface area contributed by atoms with Crippen LogP contribution in [0.3, 0.4) is 0 Å². The zero-order valence-corrected chi connectivity index (χ0v) is 18.8. The van der Waals surface area contributed by atoms with Gasteiger partial charge in [0, 0.05) is 62.5 Å². The lowest BCUT2D eigenvalue weighted by Gasteiger charge is -2.34. The Hall–Kier alpha value is -3.26. The van der Waals surface area contributed by atoms with Crippen molar-refractivity contribution in [3.8, 4) is 0 Å². The van der Waals surface area contributed by atoms with Crippen LogP contribution in [0.25, 0.3) is 0 Å². The maximum Gasteiger partial charge on any atom is 0.269 e. The quantitative estimate of drug-likeness (QED) is 0.524. The molecule has 0 saturated carbocycles. The fraction of sp³-hybridized carbons (Fsp3) is 0.417. The predicted octanol–water partition coefficient (Wildman–Crippen LogP) is 3.81. The number of nitrogens with zero attached hydrogens (tertiary/aromatic N) is 3. The Kier molecular flexibility index (Phi) is 7.58.